The van der Waals surface area contributed by atoms with Gasteiger partial charge in [-0.1, -0.05) is 123 Å². The zero-order chi connectivity index (χ0) is 31.3. The van der Waals surface area contributed by atoms with Crippen LogP contribution in [-0.2, 0) is 5.41 Å². The lowest BCUT2D eigenvalue weighted by atomic mass is 9.82. The van der Waals surface area contributed by atoms with E-state index in [0.29, 0.717) is 0 Å². The van der Waals surface area contributed by atoms with Crippen LogP contribution in [0.1, 0.15) is 25.0 Å². The summed E-state index contributed by atoms with van der Waals surface area (Å²) >= 11 is 1.78. The minimum atomic E-state index is -0.0462. The van der Waals surface area contributed by atoms with Gasteiger partial charge in [0.2, 0.25) is 0 Å². The van der Waals surface area contributed by atoms with E-state index in [1.54, 1.807) is 11.3 Å². The first-order valence-corrected chi connectivity index (χ1v) is 16.9. The number of fused-ring (bicyclic) bond motifs is 10. The Hall–Kier alpha value is -5.58. The van der Waals surface area contributed by atoms with Crippen molar-refractivity contribution in [2.45, 2.75) is 19.3 Å². The van der Waals surface area contributed by atoms with Crippen molar-refractivity contribution in [1.29, 1.82) is 0 Å². The van der Waals surface area contributed by atoms with Crippen LogP contribution in [-0.4, -0.2) is 14.5 Å². The van der Waals surface area contributed by atoms with E-state index in [-0.39, 0.29) is 5.41 Å². The highest BCUT2D eigenvalue weighted by Crippen LogP contribution is 2.53. The summed E-state index contributed by atoms with van der Waals surface area (Å²) < 4.78 is 4.76. The molecule has 0 bridgehead atoms. The molecule has 3 heterocycles. The van der Waals surface area contributed by atoms with Crippen LogP contribution in [0.15, 0.2) is 140 Å². The van der Waals surface area contributed by atoms with E-state index >= 15 is 0 Å². The van der Waals surface area contributed by atoms with Crippen molar-refractivity contribution < 1.29 is 0 Å². The largest absolute Gasteiger partial charge is 0.309 e. The Morgan fingerprint density at radius 3 is 2.15 bits per heavy atom. The van der Waals surface area contributed by atoms with Gasteiger partial charge in [0.1, 0.15) is 0 Å². The fourth-order valence-corrected chi connectivity index (χ4v) is 8.99. The predicted molar refractivity (Wildman–Crippen MR) is 198 cm³/mol. The molecule has 0 spiro atoms. The molecule has 0 saturated heterocycles. The number of rotatable bonds is 3. The smallest absolute Gasteiger partial charge is 0.160 e. The molecule has 3 nitrogen and oxygen atoms in total. The number of hydrogen-bond acceptors (Lipinski definition) is 3. The summed E-state index contributed by atoms with van der Waals surface area (Å²) in [6, 6.07) is 50.1. The SMILES string of the molecule is CC1(C)c2ccccc2-c2c1ccc1c2c2ccccc2n1-c1ccc2c(c1)sc1c(-c3ccccc3)nc(-c3ccccc3)nc12. The number of nitrogens with zero attached hydrogens (tertiary/aromatic N) is 3. The normalized spacial score (nSPS) is 13.5. The fourth-order valence-electron chi connectivity index (χ4n) is 7.81. The molecule has 6 aromatic carbocycles. The Labute approximate surface area is 276 Å². The summed E-state index contributed by atoms with van der Waals surface area (Å²) in [6.45, 7) is 4.71. The van der Waals surface area contributed by atoms with E-state index in [2.05, 4.69) is 140 Å². The number of thiophene rings is 1. The van der Waals surface area contributed by atoms with Crippen LogP contribution < -0.4 is 0 Å². The molecule has 0 N–H and O–H groups in total. The molecule has 3 aromatic heterocycles. The van der Waals surface area contributed by atoms with Gasteiger partial charge in [-0.2, -0.15) is 0 Å². The highest BCUT2D eigenvalue weighted by molar-refractivity contribution is 7.26. The van der Waals surface area contributed by atoms with Crippen LogP contribution in [0.4, 0.5) is 0 Å². The minimum absolute atomic E-state index is 0.0462. The van der Waals surface area contributed by atoms with E-state index in [4.69, 9.17) is 9.97 Å². The molecular formula is C43H29N3S. The van der Waals surface area contributed by atoms with Crippen molar-refractivity contribution in [3.05, 3.63) is 151 Å². The van der Waals surface area contributed by atoms with Crippen LogP contribution in [0, 0.1) is 0 Å². The second-order valence-electron chi connectivity index (χ2n) is 13.0. The number of hydrogen-bond donors (Lipinski definition) is 0. The van der Waals surface area contributed by atoms with Crippen LogP contribution in [0.2, 0.25) is 0 Å². The van der Waals surface area contributed by atoms with Gasteiger partial charge in [-0.05, 0) is 52.6 Å². The van der Waals surface area contributed by atoms with Gasteiger partial charge in [0.05, 0.1) is 26.9 Å². The zero-order valence-corrected chi connectivity index (χ0v) is 26.8. The zero-order valence-electron chi connectivity index (χ0n) is 26.0. The topological polar surface area (TPSA) is 30.7 Å². The van der Waals surface area contributed by atoms with Gasteiger partial charge in [-0.25, -0.2) is 9.97 Å². The quantitative estimate of drug-likeness (QED) is 0.197. The Balaban J connectivity index is 1.25. The third kappa shape index (κ3) is 3.73. The third-order valence-corrected chi connectivity index (χ3v) is 11.2. The average Bonchev–Trinajstić information content (AvgIpc) is 3.74. The molecule has 0 aliphatic heterocycles. The van der Waals surface area contributed by atoms with Crippen molar-refractivity contribution in [3.8, 4) is 39.5 Å². The summed E-state index contributed by atoms with van der Waals surface area (Å²) in [7, 11) is 0. The molecule has 1 aliphatic carbocycles. The van der Waals surface area contributed by atoms with Gasteiger partial charge in [0.25, 0.3) is 0 Å². The van der Waals surface area contributed by atoms with Gasteiger partial charge in [-0.15, -0.1) is 11.3 Å². The number of aromatic nitrogens is 3. The van der Waals surface area contributed by atoms with Crippen LogP contribution >= 0.6 is 11.3 Å². The van der Waals surface area contributed by atoms with E-state index < -0.39 is 0 Å². The lowest BCUT2D eigenvalue weighted by molar-refractivity contribution is 0.661. The van der Waals surface area contributed by atoms with E-state index in [9.17, 15) is 0 Å². The van der Waals surface area contributed by atoms with Crippen molar-refractivity contribution in [1.82, 2.24) is 14.5 Å². The second-order valence-corrected chi connectivity index (χ2v) is 14.0. The molecular weight excluding hydrogens is 591 g/mol. The molecule has 0 amide bonds. The van der Waals surface area contributed by atoms with Crippen LogP contribution in [0.3, 0.4) is 0 Å². The first-order valence-electron chi connectivity index (χ1n) is 16.1. The monoisotopic (exact) mass is 619 g/mol. The number of benzene rings is 6. The first-order chi connectivity index (χ1) is 23.1. The fraction of sp³-hybridized carbons (Fsp3) is 0.0698. The van der Waals surface area contributed by atoms with Gasteiger partial charge < -0.3 is 4.57 Å². The van der Waals surface area contributed by atoms with E-state index in [0.717, 1.165) is 43.9 Å². The third-order valence-electron chi connectivity index (χ3n) is 10.0. The summed E-state index contributed by atoms with van der Waals surface area (Å²) in [5, 5.41) is 3.77. The molecule has 0 saturated carbocycles. The maximum Gasteiger partial charge on any atom is 0.160 e. The Bertz CT molecular complexity index is 2700. The van der Waals surface area contributed by atoms with Crippen LogP contribution in [0.5, 0.6) is 0 Å². The lowest BCUT2D eigenvalue weighted by Crippen LogP contribution is -2.14. The molecule has 47 heavy (non-hydrogen) atoms. The lowest BCUT2D eigenvalue weighted by Gasteiger charge is -2.21. The molecule has 9 aromatic rings. The first kappa shape index (κ1) is 26.6. The van der Waals surface area contributed by atoms with Crippen molar-refractivity contribution in [2.24, 2.45) is 0 Å². The second kappa shape index (κ2) is 9.71. The molecule has 4 heteroatoms. The Morgan fingerprint density at radius 1 is 0.596 bits per heavy atom. The highest BCUT2D eigenvalue weighted by atomic mass is 32.1. The average molecular weight is 620 g/mol. The van der Waals surface area contributed by atoms with Gasteiger partial charge in [-0.3, -0.25) is 0 Å². The Kier molecular flexibility index (Phi) is 5.50. The molecule has 0 fully saturated rings. The maximum atomic E-state index is 5.18. The predicted octanol–water partition coefficient (Wildman–Crippen LogP) is 11.6. The molecule has 222 valence electrons. The van der Waals surface area contributed by atoms with Gasteiger partial charge >= 0.3 is 0 Å². The van der Waals surface area contributed by atoms with Gasteiger partial charge in [0.15, 0.2) is 5.82 Å². The summed E-state index contributed by atoms with van der Waals surface area (Å²) in [4.78, 5) is 10.3. The summed E-state index contributed by atoms with van der Waals surface area (Å²) in [5.41, 5.74) is 13.2. The highest BCUT2D eigenvalue weighted by Gasteiger charge is 2.37. The molecule has 0 atom stereocenters. The Morgan fingerprint density at radius 2 is 1.32 bits per heavy atom. The van der Waals surface area contributed by atoms with Crippen molar-refractivity contribution in [3.63, 3.8) is 0 Å². The van der Waals surface area contributed by atoms with E-state index in [1.165, 1.54) is 48.8 Å². The summed E-state index contributed by atoms with van der Waals surface area (Å²) in [5.74, 6) is 0.750. The van der Waals surface area contributed by atoms with Gasteiger partial charge in [0, 0.05) is 43.1 Å². The number of para-hydroxylation sites is 1. The summed E-state index contributed by atoms with van der Waals surface area (Å²) in [6.07, 6.45) is 0. The molecule has 10 rings (SSSR count). The van der Waals surface area contributed by atoms with Crippen molar-refractivity contribution in [2.75, 3.05) is 0 Å². The standard InChI is InChI=1S/C43H29N3S/c1-43(2)32-19-11-9-17-29(32)37-33(43)23-24-35-38(37)30-18-10-12-20-34(30)46(35)28-21-22-31-36(25-28)47-41-39(26-13-5-3-6-14-26)44-42(45-40(31)41)27-15-7-4-8-16-27/h3-25H,1-2H3. The molecule has 1 aliphatic rings. The molecule has 0 radical (unpaired) electrons. The van der Waals surface area contributed by atoms with Crippen LogP contribution in [0.25, 0.3) is 81.6 Å². The maximum absolute atomic E-state index is 5.18. The minimum Gasteiger partial charge on any atom is -0.309 e. The van der Waals surface area contributed by atoms with E-state index in [1.807, 2.05) is 18.2 Å². The molecule has 0 unspecified atom stereocenters. The van der Waals surface area contributed by atoms with Crippen molar-refractivity contribution >= 4 is 53.4 Å².